The largest absolute Gasteiger partial charge is 0.494 e. The number of aromatic nitrogens is 2. The van der Waals surface area contributed by atoms with E-state index in [0.717, 1.165) is 71.9 Å². The molecule has 1 amide bonds. The van der Waals surface area contributed by atoms with E-state index < -0.39 is 0 Å². The van der Waals surface area contributed by atoms with Crippen molar-refractivity contribution in [3.8, 4) is 22.6 Å². The number of fused-ring (bicyclic) bond motifs is 1. The van der Waals surface area contributed by atoms with Gasteiger partial charge in [-0.25, -0.2) is 0 Å². The van der Waals surface area contributed by atoms with Crippen molar-refractivity contribution in [1.29, 1.82) is 0 Å². The van der Waals surface area contributed by atoms with Crippen molar-refractivity contribution >= 4 is 11.6 Å². The van der Waals surface area contributed by atoms with Gasteiger partial charge in [-0.3, -0.25) is 9.48 Å². The molecule has 0 aliphatic carbocycles. The molecule has 6 nitrogen and oxygen atoms in total. The van der Waals surface area contributed by atoms with Crippen LogP contribution in [0.25, 0.3) is 11.1 Å². The van der Waals surface area contributed by atoms with E-state index >= 15 is 0 Å². The molecule has 0 fully saturated rings. The number of rotatable bonds is 11. The van der Waals surface area contributed by atoms with Crippen molar-refractivity contribution in [3.63, 3.8) is 0 Å². The van der Waals surface area contributed by atoms with E-state index in [-0.39, 0.29) is 5.91 Å². The van der Waals surface area contributed by atoms with Gasteiger partial charge < -0.3 is 14.4 Å². The van der Waals surface area contributed by atoms with E-state index in [1.54, 1.807) is 0 Å². The van der Waals surface area contributed by atoms with Crippen LogP contribution < -0.4 is 14.4 Å². The van der Waals surface area contributed by atoms with Gasteiger partial charge in [-0.2, -0.15) is 5.10 Å². The number of aryl methyl sites for hydroxylation is 1. The number of ether oxygens (including phenoxy) is 2. The molecule has 0 unspecified atom stereocenters. The second-order valence-electron chi connectivity index (χ2n) is 10.5. The number of hydrogen-bond acceptors (Lipinski definition) is 4. The van der Waals surface area contributed by atoms with Gasteiger partial charge in [0.05, 0.1) is 26.0 Å². The normalized spacial score (nSPS) is 12.7. The summed E-state index contributed by atoms with van der Waals surface area (Å²) >= 11 is 0. The van der Waals surface area contributed by atoms with Gasteiger partial charge >= 0.3 is 0 Å². The van der Waals surface area contributed by atoms with E-state index in [1.807, 2.05) is 40.0 Å². The summed E-state index contributed by atoms with van der Waals surface area (Å²) in [5.74, 6) is 1.95. The molecule has 0 N–H and O–H groups in total. The molecule has 40 heavy (non-hydrogen) atoms. The molecular formula is C34H39N3O3. The monoisotopic (exact) mass is 537 g/mol. The summed E-state index contributed by atoms with van der Waals surface area (Å²) in [7, 11) is 0. The lowest BCUT2D eigenvalue weighted by molar-refractivity contribution is -0.118. The van der Waals surface area contributed by atoms with Crippen LogP contribution in [0.3, 0.4) is 0 Å². The second kappa shape index (κ2) is 12.9. The summed E-state index contributed by atoms with van der Waals surface area (Å²) in [4.78, 5) is 15.3. The van der Waals surface area contributed by atoms with Crippen molar-refractivity contribution in [2.45, 2.75) is 59.4 Å². The zero-order valence-electron chi connectivity index (χ0n) is 23.9. The molecule has 0 saturated heterocycles. The maximum atomic E-state index is 13.3. The van der Waals surface area contributed by atoms with E-state index in [9.17, 15) is 4.79 Å². The van der Waals surface area contributed by atoms with Crippen LogP contribution in [0.4, 0.5) is 5.69 Å². The maximum absolute atomic E-state index is 13.3. The average molecular weight is 538 g/mol. The highest BCUT2D eigenvalue weighted by atomic mass is 16.5. The number of anilines is 1. The van der Waals surface area contributed by atoms with E-state index in [2.05, 4.69) is 68.5 Å². The molecule has 0 saturated carbocycles. The molecule has 0 spiro atoms. The Balaban J connectivity index is 1.24. The molecule has 0 bridgehead atoms. The van der Waals surface area contributed by atoms with Gasteiger partial charge in [0.15, 0.2) is 0 Å². The maximum Gasteiger partial charge on any atom is 0.227 e. The zero-order chi connectivity index (χ0) is 27.9. The number of carbonyl (C=O) groups excluding carboxylic acids is 1. The number of benzene rings is 3. The predicted octanol–water partition coefficient (Wildman–Crippen LogP) is 7.14. The van der Waals surface area contributed by atoms with Crippen LogP contribution >= 0.6 is 0 Å². The molecule has 0 atom stereocenters. The summed E-state index contributed by atoms with van der Waals surface area (Å²) < 4.78 is 13.7. The predicted molar refractivity (Wildman–Crippen MR) is 160 cm³/mol. The van der Waals surface area contributed by atoms with Gasteiger partial charge in [-0.05, 0) is 91.6 Å². The molecule has 4 aromatic rings. The molecule has 208 valence electrons. The minimum absolute atomic E-state index is 0.156. The lowest BCUT2D eigenvalue weighted by Crippen LogP contribution is -2.35. The minimum atomic E-state index is 0.156. The Morgan fingerprint density at radius 2 is 1.85 bits per heavy atom. The summed E-state index contributed by atoms with van der Waals surface area (Å²) in [5, 5.41) is 4.65. The topological polar surface area (TPSA) is 56.6 Å². The van der Waals surface area contributed by atoms with Gasteiger partial charge in [0.2, 0.25) is 5.91 Å². The Kier molecular flexibility index (Phi) is 8.84. The van der Waals surface area contributed by atoms with Crippen LogP contribution in [0.2, 0.25) is 0 Å². The highest BCUT2D eigenvalue weighted by Gasteiger charge is 2.24. The van der Waals surface area contributed by atoms with Crippen molar-refractivity contribution in [3.05, 3.63) is 95.3 Å². The SMILES string of the molecule is CCCOc1cccc(Cn2cc(-c3cccc4c3CCCN4C(=O)CCCOc3cccc(C)c3C)cn2)c1. The Hall–Kier alpha value is -4.06. The van der Waals surface area contributed by atoms with Gasteiger partial charge in [0, 0.05) is 30.4 Å². The fourth-order valence-corrected chi connectivity index (χ4v) is 5.30. The summed E-state index contributed by atoms with van der Waals surface area (Å²) in [6.07, 6.45) is 8.07. The molecule has 1 aliphatic rings. The number of nitrogens with zero attached hydrogens (tertiary/aromatic N) is 3. The molecule has 1 aliphatic heterocycles. The second-order valence-corrected chi connectivity index (χ2v) is 10.5. The van der Waals surface area contributed by atoms with Crippen LogP contribution in [-0.2, 0) is 17.8 Å². The first-order valence-corrected chi connectivity index (χ1v) is 14.4. The molecule has 2 heterocycles. The quantitative estimate of drug-likeness (QED) is 0.191. The molecule has 1 aromatic heterocycles. The molecule has 5 rings (SSSR count). The molecular weight excluding hydrogens is 498 g/mol. The Labute approximate surface area is 237 Å². The average Bonchev–Trinajstić information content (AvgIpc) is 3.43. The van der Waals surface area contributed by atoms with Gasteiger partial charge in [-0.15, -0.1) is 0 Å². The first-order chi connectivity index (χ1) is 19.5. The number of hydrogen-bond donors (Lipinski definition) is 0. The van der Waals surface area contributed by atoms with Crippen molar-refractivity contribution in [2.24, 2.45) is 0 Å². The van der Waals surface area contributed by atoms with Crippen LogP contribution in [0, 0.1) is 13.8 Å². The first kappa shape index (κ1) is 27.5. The highest BCUT2D eigenvalue weighted by molar-refractivity contribution is 5.96. The summed E-state index contributed by atoms with van der Waals surface area (Å²) in [5.41, 5.74) is 8.00. The zero-order valence-corrected chi connectivity index (χ0v) is 23.9. The van der Waals surface area contributed by atoms with Crippen LogP contribution in [0.5, 0.6) is 11.5 Å². The van der Waals surface area contributed by atoms with Crippen LogP contribution in [-0.4, -0.2) is 35.4 Å². The van der Waals surface area contributed by atoms with Crippen molar-refractivity contribution in [2.75, 3.05) is 24.7 Å². The van der Waals surface area contributed by atoms with E-state index in [4.69, 9.17) is 9.47 Å². The Morgan fingerprint density at radius 3 is 2.73 bits per heavy atom. The van der Waals surface area contributed by atoms with Crippen molar-refractivity contribution < 1.29 is 14.3 Å². The first-order valence-electron chi connectivity index (χ1n) is 14.4. The van der Waals surface area contributed by atoms with Crippen LogP contribution in [0.15, 0.2) is 73.1 Å². The lowest BCUT2D eigenvalue weighted by Gasteiger charge is -2.31. The third-order valence-electron chi connectivity index (χ3n) is 7.56. The fourth-order valence-electron chi connectivity index (χ4n) is 5.30. The minimum Gasteiger partial charge on any atom is -0.494 e. The Morgan fingerprint density at radius 1 is 1.00 bits per heavy atom. The van der Waals surface area contributed by atoms with E-state index in [0.29, 0.717) is 26.0 Å². The molecule has 0 radical (unpaired) electrons. The Bertz CT molecular complexity index is 1460. The fraction of sp³-hybridized carbons (Fsp3) is 0.353. The smallest absolute Gasteiger partial charge is 0.227 e. The molecule has 6 heteroatoms. The standard InChI is InChI=1S/C34H39N3O3/c1-4-19-39-29-12-6-11-27(21-29)23-36-24-28(22-35-36)30-13-7-15-32-31(30)14-8-18-37(32)34(38)17-9-20-40-33-16-5-10-25(2)26(33)3/h5-7,10-13,15-16,21-22,24H,4,8-9,14,17-20,23H2,1-3H3. The van der Waals surface area contributed by atoms with E-state index in [1.165, 1.54) is 11.1 Å². The number of amides is 1. The third kappa shape index (κ3) is 6.39. The van der Waals surface area contributed by atoms with Gasteiger partial charge in [0.25, 0.3) is 0 Å². The third-order valence-corrected chi connectivity index (χ3v) is 7.56. The molecule has 3 aromatic carbocycles. The number of carbonyl (C=O) groups is 1. The van der Waals surface area contributed by atoms with Crippen molar-refractivity contribution in [1.82, 2.24) is 9.78 Å². The van der Waals surface area contributed by atoms with Crippen LogP contribution in [0.1, 0.15) is 54.9 Å². The van der Waals surface area contributed by atoms with Gasteiger partial charge in [0.1, 0.15) is 11.5 Å². The van der Waals surface area contributed by atoms with Gasteiger partial charge in [-0.1, -0.05) is 43.3 Å². The lowest BCUT2D eigenvalue weighted by atomic mass is 9.93. The summed E-state index contributed by atoms with van der Waals surface area (Å²) in [6.45, 7) is 8.94. The summed E-state index contributed by atoms with van der Waals surface area (Å²) in [6, 6.07) is 20.6. The highest BCUT2D eigenvalue weighted by Crippen LogP contribution is 2.36.